The van der Waals surface area contributed by atoms with Gasteiger partial charge in [0.25, 0.3) is 0 Å². The average molecular weight is 237 g/mol. The van der Waals surface area contributed by atoms with Gasteiger partial charge in [0, 0.05) is 18.2 Å². The molecule has 0 bridgehead atoms. The first-order valence-electron chi connectivity index (χ1n) is 6.54. The van der Waals surface area contributed by atoms with Gasteiger partial charge in [-0.15, -0.1) is 0 Å². The lowest BCUT2D eigenvalue weighted by molar-refractivity contribution is 0.130. The van der Waals surface area contributed by atoms with Crippen molar-refractivity contribution in [3.05, 3.63) is 23.2 Å². The summed E-state index contributed by atoms with van der Waals surface area (Å²) in [4.78, 5) is 2.48. The van der Waals surface area contributed by atoms with Crippen LogP contribution in [0.3, 0.4) is 0 Å². The van der Waals surface area contributed by atoms with E-state index in [0.29, 0.717) is 6.04 Å². The second kappa shape index (κ2) is 5.23. The molecule has 1 saturated heterocycles. The predicted molar refractivity (Wildman–Crippen MR) is 67.9 cm³/mol. The van der Waals surface area contributed by atoms with Crippen LogP contribution in [0.1, 0.15) is 43.3 Å². The number of furan rings is 1. The lowest BCUT2D eigenvalue weighted by atomic mass is 10.1. The normalized spacial score (nSPS) is 23.2. The molecule has 2 atom stereocenters. The van der Waals surface area contributed by atoms with Gasteiger partial charge in [-0.25, -0.2) is 0 Å². The fourth-order valence-electron chi connectivity index (χ4n) is 2.82. The van der Waals surface area contributed by atoms with E-state index in [2.05, 4.69) is 11.0 Å². The smallest absolute Gasteiger partial charge is 0.105 e. The summed E-state index contributed by atoms with van der Waals surface area (Å²) in [7, 11) is 0. The van der Waals surface area contributed by atoms with Crippen LogP contribution in [-0.2, 0) is 6.54 Å². The molecule has 2 heterocycles. The summed E-state index contributed by atoms with van der Waals surface area (Å²) in [5.41, 5.74) is 1.29. The van der Waals surface area contributed by atoms with Crippen molar-refractivity contribution in [2.75, 3.05) is 6.54 Å². The first kappa shape index (κ1) is 12.7. The zero-order valence-electron chi connectivity index (χ0n) is 11.1. The highest BCUT2D eigenvalue weighted by molar-refractivity contribution is 5.20. The molecule has 17 heavy (non-hydrogen) atoms. The first-order valence-corrected chi connectivity index (χ1v) is 6.54. The number of likely N-dealkylation sites (tertiary alicyclic amines) is 1. The quantitative estimate of drug-likeness (QED) is 0.874. The Morgan fingerprint density at radius 1 is 1.53 bits per heavy atom. The molecule has 3 heteroatoms. The van der Waals surface area contributed by atoms with E-state index in [1.54, 1.807) is 0 Å². The maximum atomic E-state index is 9.51. The summed E-state index contributed by atoms with van der Waals surface area (Å²) in [6.45, 7) is 8.00. The van der Waals surface area contributed by atoms with E-state index in [9.17, 15) is 5.11 Å². The molecule has 1 aliphatic heterocycles. The van der Waals surface area contributed by atoms with Crippen LogP contribution < -0.4 is 0 Å². The van der Waals surface area contributed by atoms with Gasteiger partial charge in [0.2, 0.25) is 0 Å². The number of hydrogen-bond acceptors (Lipinski definition) is 3. The summed E-state index contributed by atoms with van der Waals surface area (Å²) in [6, 6.07) is 2.66. The Hall–Kier alpha value is -0.800. The summed E-state index contributed by atoms with van der Waals surface area (Å²) in [5.74, 6) is 2.02. The van der Waals surface area contributed by atoms with Gasteiger partial charge in [-0.05, 0) is 52.6 Å². The van der Waals surface area contributed by atoms with E-state index in [-0.39, 0.29) is 6.10 Å². The molecule has 96 valence electrons. The molecular weight excluding hydrogens is 214 g/mol. The number of aryl methyl sites for hydroxylation is 2. The molecule has 2 unspecified atom stereocenters. The Labute approximate surface area is 103 Å². The standard InChI is InChI=1S/C14H23NO2/c1-10(16)7-14-5-4-6-15(14)9-13-8-11(2)17-12(13)3/h8,10,14,16H,4-7,9H2,1-3H3. The largest absolute Gasteiger partial charge is 0.466 e. The molecule has 0 aliphatic carbocycles. The van der Waals surface area contributed by atoms with Gasteiger partial charge >= 0.3 is 0 Å². The second-order valence-electron chi connectivity index (χ2n) is 5.29. The number of nitrogens with zero attached hydrogens (tertiary/aromatic N) is 1. The third kappa shape index (κ3) is 3.11. The Balaban J connectivity index is 2.00. The number of hydrogen-bond donors (Lipinski definition) is 1. The van der Waals surface area contributed by atoms with Crippen LogP contribution in [0.15, 0.2) is 10.5 Å². The molecule has 3 nitrogen and oxygen atoms in total. The fraction of sp³-hybridized carbons (Fsp3) is 0.714. The van der Waals surface area contributed by atoms with Crippen molar-refractivity contribution in [3.8, 4) is 0 Å². The van der Waals surface area contributed by atoms with E-state index in [1.165, 1.54) is 18.4 Å². The maximum Gasteiger partial charge on any atom is 0.105 e. The van der Waals surface area contributed by atoms with Gasteiger partial charge in [-0.3, -0.25) is 4.90 Å². The van der Waals surface area contributed by atoms with Crippen molar-refractivity contribution in [3.63, 3.8) is 0 Å². The molecule has 1 fully saturated rings. The van der Waals surface area contributed by atoms with Crippen molar-refractivity contribution < 1.29 is 9.52 Å². The van der Waals surface area contributed by atoms with Crippen molar-refractivity contribution >= 4 is 0 Å². The molecule has 1 aliphatic rings. The Bertz CT molecular complexity index is 370. The molecule has 2 rings (SSSR count). The van der Waals surface area contributed by atoms with Gasteiger partial charge < -0.3 is 9.52 Å². The van der Waals surface area contributed by atoms with Gasteiger partial charge in [0.05, 0.1) is 6.10 Å². The van der Waals surface area contributed by atoms with E-state index in [1.807, 2.05) is 20.8 Å². The molecule has 0 radical (unpaired) electrons. The van der Waals surface area contributed by atoms with E-state index in [0.717, 1.165) is 31.0 Å². The summed E-state index contributed by atoms with van der Waals surface area (Å²) in [5, 5.41) is 9.51. The highest BCUT2D eigenvalue weighted by atomic mass is 16.3. The zero-order chi connectivity index (χ0) is 12.4. The summed E-state index contributed by atoms with van der Waals surface area (Å²) < 4.78 is 5.57. The van der Waals surface area contributed by atoms with Crippen LogP contribution in [0.2, 0.25) is 0 Å². The molecule has 0 spiro atoms. The van der Waals surface area contributed by atoms with Gasteiger partial charge in [-0.1, -0.05) is 0 Å². The molecule has 0 amide bonds. The van der Waals surface area contributed by atoms with Gasteiger partial charge in [0.15, 0.2) is 0 Å². The maximum absolute atomic E-state index is 9.51. The Kier molecular flexibility index (Phi) is 3.89. The SMILES string of the molecule is Cc1cc(CN2CCCC2CC(C)O)c(C)o1. The van der Waals surface area contributed by atoms with E-state index in [4.69, 9.17) is 4.42 Å². The van der Waals surface area contributed by atoms with Crippen LogP contribution >= 0.6 is 0 Å². The summed E-state index contributed by atoms with van der Waals surface area (Å²) in [6.07, 6.45) is 3.14. The van der Waals surface area contributed by atoms with E-state index < -0.39 is 0 Å². The van der Waals surface area contributed by atoms with Gasteiger partial charge in [-0.2, -0.15) is 0 Å². The lowest BCUT2D eigenvalue weighted by Crippen LogP contribution is -2.31. The Morgan fingerprint density at radius 2 is 2.29 bits per heavy atom. The van der Waals surface area contributed by atoms with Crippen molar-refractivity contribution in [1.29, 1.82) is 0 Å². The topological polar surface area (TPSA) is 36.6 Å². The van der Waals surface area contributed by atoms with Crippen molar-refractivity contribution in [2.45, 2.75) is 58.7 Å². The Morgan fingerprint density at radius 3 is 2.88 bits per heavy atom. The lowest BCUT2D eigenvalue weighted by Gasteiger charge is -2.25. The minimum absolute atomic E-state index is 0.201. The minimum atomic E-state index is -0.201. The highest BCUT2D eigenvalue weighted by Gasteiger charge is 2.26. The highest BCUT2D eigenvalue weighted by Crippen LogP contribution is 2.25. The fourth-order valence-corrected chi connectivity index (χ4v) is 2.82. The predicted octanol–water partition coefficient (Wildman–Crippen LogP) is 2.63. The minimum Gasteiger partial charge on any atom is -0.466 e. The first-order chi connectivity index (χ1) is 8.06. The van der Waals surface area contributed by atoms with E-state index >= 15 is 0 Å². The zero-order valence-corrected chi connectivity index (χ0v) is 11.1. The number of aliphatic hydroxyl groups excluding tert-OH is 1. The molecule has 1 N–H and O–H groups in total. The van der Waals surface area contributed by atoms with Gasteiger partial charge in [0.1, 0.15) is 11.5 Å². The molecule has 0 aromatic carbocycles. The van der Waals surface area contributed by atoms with Crippen molar-refractivity contribution in [2.24, 2.45) is 0 Å². The number of aliphatic hydroxyl groups is 1. The van der Waals surface area contributed by atoms with Crippen LogP contribution in [0.25, 0.3) is 0 Å². The molecular formula is C14H23NO2. The third-order valence-corrected chi connectivity index (χ3v) is 3.63. The summed E-state index contributed by atoms with van der Waals surface area (Å²) >= 11 is 0. The average Bonchev–Trinajstić information content (AvgIpc) is 2.75. The monoisotopic (exact) mass is 237 g/mol. The van der Waals surface area contributed by atoms with Crippen LogP contribution in [0, 0.1) is 13.8 Å². The molecule has 1 aromatic heterocycles. The van der Waals surface area contributed by atoms with Crippen molar-refractivity contribution in [1.82, 2.24) is 4.90 Å². The van der Waals surface area contributed by atoms with Crippen LogP contribution in [0.4, 0.5) is 0 Å². The van der Waals surface area contributed by atoms with Crippen LogP contribution in [-0.4, -0.2) is 28.7 Å². The van der Waals surface area contributed by atoms with Crippen LogP contribution in [0.5, 0.6) is 0 Å². The number of rotatable bonds is 4. The molecule has 1 aromatic rings. The third-order valence-electron chi connectivity index (χ3n) is 3.63. The molecule has 0 saturated carbocycles. The second-order valence-corrected chi connectivity index (χ2v) is 5.29.